The smallest absolute Gasteiger partial charge is 0.279 e. The number of hydrogen-bond donors (Lipinski definition) is 2. The van der Waals surface area contributed by atoms with Crippen LogP contribution < -0.4 is 0 Å². The molecule has 3 heterocycles. The molecule has 120 valence electrons. The van der Waals surface area contributed by atoms with Crippen molar-refractivity contribution in [3.8, 4) is 0 Å². The molecule has 4 atom stereocenters. The molecule has 1 aromatic heterocycles. The van der Waals surface area contributed by atoms with Gasteiger partial charge in [-0.1, -0.05) is 12.1 Å². The summed E-state index contributed by atoms with van der Waals surface area (Å²) in [7, 11) is 0. The van der Waals surface area contributed by atoms with E-state index in [2.05, 4.69) is 4.98 Å². The highest BCUT2D eigenvalue weighted by molar-refractivity contribution is 5.97. The van der Waals surface area contributed by atoms with Crippen LogP contribution in [-0.2, 0) is 4.84 Å². The number of hydrogen-bond acceptors (Lipinski definition) is 5. The molecule has 1 saturated carbocycles. The molecule has 1 aliphatic carbocycles. The maximum absolute atomic E-state index is 12.7. The summed E-state index contributed by atoms with van der Waals surface area (Å²) in [4.78, 5) is 22.6. The van der Waals surface area contributed by atoms with E-state index < -0.39 is 24.4 Å². The molecule has 2 saturated heterocycles. The van der Waals surface area contributed by atoms with Gasteiger partial charge in [-0.15, -0.1) is 0 Å². The fourth-order valence-electron chi connectivity index (χ4n) is 3.39. The molecule has 6 heteroatoms. The van der Waals surface area contributed by atoms with Gasteiger partial charge in [0.05, 0.1) is 17.1 Å². The van der Waals surface area contributed by atoms with Crippen molar-refractivity contribution in [1.82, 2.24) is 10.0 Å². The molecule has 5 rings (SSSR count). The number of amides is 1. The van der Waals surface area contributed by atoms with Gasteiger partial charge >= 0.3 is 0 Å². The predicted octanol–water partition coefficient (Wildman–Crippen LogP) is 1.18. The molecule has 0 unspecified atom stereocenters. The van der Waals surface area contributed by atoms with E-state index >= 15 is 0 Å². The summed E-state index contributed by atoms with van der Waals surface area (Å²) in [6.45, 7) is 1.99. The van der Waals surface area contributed by atoms with Crippen molar-refractivity contribution in [3.05, 3.63) is 41.6 Å². The van der Waals surface area contributed by atoms with Crippen molar-refractivity contribution in [1.29, 1.82) is 0 Å². The summed E-state index contributed by atoms with van der Waals surface area (Å²) in [5.41, 5.74) is 2.35. The minimum atomic E-state index is -0.970. The minimum Gasteiger partial charge on any atom is -0.388 e. The normalized spacial score (nSPS) is 30.0. The molecule has 2 N–H and O–H groups in total. The van der Waals surface area contributed by atoms with Crippen LogP contribution >= 0.6 is 0 Å². The largest absolute Gasteiger partial charge is 0.388 e. The summed E-state index contributed by atoms with van der Waals surface area (Å²) < 4.78 is 0. The molecule has 6 nitrogen and oxygen atoms in total. The van der Waals surface area contributed by atoms with E-state index in [9.17, 15) is 15.0 Å². The molecule has 1 aromatic carbocycles. The Bertz CT molecular complexity index is 776. The van der Waals surface area contributed by atoms with Gasteiger partial charge in [-0.2, -0.15) is 0 Å². The SMILES string of the molecule is Cc1ccc2cc(C(=O)N3O[C@@H]4CC[C@H]3[C@@H](O)[C@H]4O)cnc2c1. The van der Waals surface area contributed by atoms with Crippen molar-refractivity contribution < 1.29 is 19.8 Å². The van der Waals surface area contributed by atoms with Gasteiger partial charge in [0.15, 0.2) is 0 Å². The molecular formula is C17H18N2O4. The lowest BCUT2D eigenvalue weighted by atomic mass is 9.85. The number of aliphatic hydroxyl groups excluding tert-OH is 2. The molecule has 1 amide bonds. The molecular weight excluding hydrogens is 296 g/mol. The summed E-state index contributed by atoms with van der Waals surface area (Å²) in [6, 6.07) is 7.12. The van der Waals surface area contributed by atoms with E-state index in [1.54, 1.807) is 6.07 Å². The van der Waals surface area contributed by atoms with Crippen LogP contribution in [-0.4, -0.2) is 50.5 Å². The maximum atomic E-state index is 12.7. The number of fused-ring (bicyclic) bond motifs is 4. The zero-order chi connectivity index (χ0) is 16.1. The van der Waals surface area contributed by atoms with E-state index in [0.29, 0.717) is 18.4 Å². The molecule has 0 radical (unpaired) electrons. The van der Waals surface area contributed by atoms with Crippen LogP contribution in [0.5, 0.6) is 0 Å². The van der Waals surface area contributed by atoms with Gasteiger partial charge in [-0.25, -0.2) is 5.06 Å². The van der Waals surface area contributed by atoms with Crippen molar-refractivity contribution >= 4 is 16.8 Å². The zero-order valence-electron chi connectivity index (χ0n) is 12.7. The van der Waals surface area contributed by atoms with Crippen LogP contribution in [0.2, 0.25) is 0 Å². The number of carbonyl (C=O) groups is 1. The fraction of sp³-hybridized carbons (Fsp3) is 0.412. The van der Waals surface area contributed by atoms with Gasteiger partial charge in [0.2, 0.25) is 0 Å². The quantitative estimate of drug-likeness (QED) is 0.826. The topological polar surface area (TPSA) is 82.9 Å². The lowest BCUT2D eigenvalue weighted by molar-refractivity contribution is -0.306. The van der Waals surface area contributed by atoms with Gasteiger partial charge in [-0.3, -0.25) is 14.6 Å². The number of benzene rings is 1. The Balaban J connectivity index is 1.66. The molecule has 2 aliphatic heterocycles. The molecule has 2 bridgehead atoms. The molecule has 3 fully saturated rings. The second kappa shape index (κ2) is 5.26. The number of pyridine rings is 1. The number of aryl methyl sites for hydroxylation is 1. The average molecular weight is 314 g/mol. The number of aliphatic hydroxyl groups is 2. The van der Waals surface area contributed by atoms with Crippen LogP contribution in [0.25, 0.3) is 10.9 Å². The van der Waals surface area contributed by atoms with E-state index in [-0.39, 0.29) is 5.91 Å². The first kappa shape index (κ1) is 14.6. The summed E-state index contributed by atoms with van der Waals surface area (Å²) >= 11 is 0. The Hall–Kier alpha value is -2.02. The fourth-order valence-corrected chi connectivity index (χ4v) is 3.39. The second-order valence-corrected chi connectivity index (χ2v) is 6.32. The van der Waals surface area contributed by atoms with Crippen molar-refractivity contribution in [2.45, 2.75) is 44.1 Å². The molecule has 23 heavy (non-hydrogen) atoms. The first-order chi connectivity index (χ1) is 11.0. The van der Waals surface area contributed by atoms with Gasteiger partial charge in [-0.05, 0) is 37.5 Å². The van der Waals surface area contributed by atoms with Crippen molar-refractivity contribution in [3.63, 3.8) is 0 Å². The minimum absolute atomic E-state index is 0.333. The first-order valence-electron chi connectivity index (χ1n) is 7.77. The predicted molar refractivity (Wildman–Crippen MR) is 82.6 cm³/mol. The van der Waals surface area contributed by atoms with Gasteiger partial charge in [0, 0.05) is 11.6 Å². The van der Waals surface area contributed by atoms with Gasteiger partial charge in [0.1, 0.15) is 18.3 Å². The van der Waals surface area contributed by atoms with Crippen molar-refractivity contribution in [2.24, 2.45) is 0 Å². The third kappa shape index (κ3) is 2.30. The summed E-state index contributed by atoms with van der Waals surface area (Å²) in [5, 5.41) is 22.1. The lowest BCUT2D eigenvalue weighted by Crippen LogP contribution is -2.65. The van der Waals surface area contributed by atoms with Crippen LogP contribution in [0.3, 0.4) is 0 Å². The highest BCUT2D eigenvalue weighted by Crippen LogP contribution is 2.34. The molecule has 3 aliphatic rings. The third-order valence-electron chi connectivity index (χ3n) is 4.71. The molecule has 2 aromatic rings. The monoisotopic (exact) mass is 314 g/mol. The van der Waals surface area contributed by atoms with Crippen molar-refractivity contribution in [2.75, 3.05) is 0 Å². The Morgan fingerprint density at radius 2 is 2.09 bits per heavy atom. The Labute approximate surface area is 133 Å². The van der Waals surface area contributed by atoms with Crippen LogP contribution in [0.15, 0.2) is 30.5 Å². The lowest BCUT2D eigenvalue weighted by Gasteiger charge is -2.49. The van der Waals surface area contributed by atoms with E-state index in [1.165, 1.54) is 11.3 Å². The van der Waals surface area contributed by atoms with Gasteiger partial charge in [0.25, 0.3) is 5.91 Å². The zero-order valence-corrected chi connectivity index (χ0v) is 12.7. The standard InChI is InChI=1S/C17H18N2O4/c1-9-2-3-10-7-11(8-18-12(10)6-9)17(22)19-13-4-5-14(23-19)16(21)15(13)20/h2-3,6-8,13-16,20-21H,4-5H2,1H3/t13-,14+,15+,16-/m0/s1. The maximum Gasteiger partial charge on any atom is 0.279 e. The highest BCUT2D eigenvalue weighted by Gasteiger charge is 2.49. The summed E-state index contributed by atoms with van der Waals surface area (Å²) in [6.07, 6.45) is 0.350. The van der Waals surface area contributed by atoms with Crippen LogP contribution in [0, 0.1) is 6.92 Å². The number of aromatic nitrogens is 1. The average Bonchev–Trinajstić information content (AvgIpc) is 2.57. The number of rotatable bonds is 1. The second-order valence-electron chi connectivity index (χ2n) is 6.32. The van der Waals surface area contributed by atoms with Crippen LogP contribution in [0.4, 0.5) is 0 Å². The number of nitrogens with zero attached hydrogens (tertiary/aromatic N) is 2. The number of hydroxylamine groups is 2. The highest BCUT2D eigenvalue weighted by atomic mass is 16.7. The first-order valence-corrected chi connectivity index (χ1v) is 7.77. The number of carbonyl (C=O) groups excluding carboxylic acids is 1. The Kier molecular flexibility index (Phi) is 3.33. The van der Waals surface area contributed by atoms with Crippen LogP contribution in [0.1, 0.15) is 28.8 Å². The van der Waals surface area contributed by atoms with E-state index in [0.717, 1.165) is 16.5 Å². The third-order valence-corrected chi connectivity index (χ3v) is 4.71. The Morgan fingerprint density at radius 1 is 1.26 bits per heavy atom. The molecule has 0 spiro atoms. The van der Waals surface area contributed by atoms with E-state index in [4.69, 9.17) is 4.84 Å². The van der Waals surface area contributed by atoms with E-state index in [1.807, 2.05) is 25.1 Å². The Morgan fingerprint density at radius 3 is 2.87 bits per heavy atom. The van der Waals surface area contributed by atoms with Gasteiger partial charge < -0.3 is 10.2 Å². The summed E-state index contributed by atoms with van der Waals surface area (Å²) in [5.74, 6) is -0.333.